The summed E-state index contributed by atoms with van der Waals surface area (Å²) in [6, 6.07) is 12.0. The van der Waals surface area contributed by atoms with Crippen LogP contribution in [0, 0.1) is 0 Å². The number of benzene rings is 1. The van der Waals surface area contributed by atoms with Crippen LogP contribution in [0.3, 0.4) is 0 Å². The third-order valence-electron chi connectivity index (χ3n) is 3.98. The van der Waals surface area contributed by atoms with E-state index in [2.05, 4.69) is 27.5 Å². The van der Waals surface area contributed by atoms with Crippen LogP contribution in [0.1, 0.15) is 24.6 Å². The molecule has 0 atom stereocenters. The van der Waals surface area contributed by atoms with Crippen LogP contribution in [0.15, 0.2) is 47.6 Å². The van der Waals surface area contributed by atoms with Crippen molar-refractivity contribution >= 4 is 29.9 Å². The van der Waals surface area contributed by atoms with E-state index in [1.807, 2.05) is 42.6 Å². The SMILES string of the molecule is CCNC(=NCc1ccc2c(c1)OCCCO2)NCCc1ccccn1.I. The van der Waals surface area contributed by atoms with Gasteiger partial charge in [-0.3, -0.25) is 4.98 Å². The van der Waals surface area contributed by atoms with Crippen LogP contribution >= 0.6 is 24.0 Å². The van der Waals surface area contributed by atoms with Gasteiger partial charge in [-0.25, -0.2) is 4.99 Å². The molecule has 2 aromatic rings. The quantitative estimate of drug-likeness (QED) is 0.376. The van der Waals surface area contributed by atoms with Crippen molar-refractivity contribution < 1.29 is 9.47 Å². The molecule has 27 heavy (non-hydrogen) atoms. The van der Waals surface area contributed by atoms with Gasteiger partial charge in [0, 0.05) is 37.8 Å². The summed E-state index contributed by atoms with van der Waals surface area (Å²) in [6.07, 6.45) is 3.58. The number of halogens is 1. The Morgan fingerprint density at radius 3 is 2.74 bits per heavy atom. The minimum absolute atomic E-state index is 0. The summed E-state index contributed by atoms with van der Waals surface area (Å²) in [7, 11) is 0. The highest BCUT2D eigenvalue weighted by Crippen LogP contribution is 2.30. The summed E-state index contributed by atoms with van der Waals surface area (Å²) in [5, 5.41) is 6.63. The van der Waals surface area contributed by atoms with Crippen LogP contribution in [-0.2, 0) is 13.0 Å². The minimum atomic E-state index is 0. The number of pyridine rings is 1. The molecule has 6 nitrogen and oxygen atoms in total. The third kappa shape index (κ3) is 6.89. The average Bonchev–Trinajstić information content (AvgIpc) is 2.92. The monoisotopic (exact) mass is 482 g/mol. The maximum absolute atomic E-state index is 5.75. The Kier molecular flexibility index (Phi) is 9.17. The molecule has 2 heterocycles. The highest BCUT2D eigenvalue weighted by Gasteiger charge is 2.10. The number of aliphatic imine (C=N–C) groups is 1. The molecule has 1 aromatic carbocycles. The molecule has 7 heteroatoms. The van der Waals surface area contributed by atoms with E-state index < -0.39 is 0 Å². The molecule has 0 saturated carbocycles. The van der Waals surface area contributed by atoms with Gasteiger partial charge in [-0.05, 0) is 36.8 Å². The predicted octanol–water partition coefficient (Wildman–Crippen LogP) is 3.16. The van der Waals surface area contributed by atoms with E-state index in [9.17, 15) is 0 Å². The fraction of sp³-hybridized carbons (Fsp3) is 0.400. The molecule has 2 N–H and O–H groups in total. The molecule has 3 rings (SSSR count). The lowest BCUT2D eigenvalue weighted by Gasteiger charge is -2.12. The van der Waals surface area contributed by atoms with Gasteiger partial charge in [-0.15, -0.1) is 24.0 Å². The summed E-state index contributed by atoms with van der Waals surface area (Å²) < 4.78 is 11.4. The number of nitrogens with one attached hydrogen (secondary N) is 2. The summed E-state index contributed by atoms with van der Waals surface area (Å²) in [5.74, 6) is 2.43. The smallest absolute Gasteiger partial charge is 0.191 e. The number of ether oxygens (including phenoxy) is 2. The molecule has 1 aliphatic rings. The van der Waals surface area contributed by atoms with Gasteiger partial charge in [-0.1, -0.05) is 12.1 Å². The van der Waals surface area contributed by atoms with Crippen molar-refractivity contribution in [2.45, 2.75) is 26.3 Å². The van der Waals surface area contributed by atoms with E-state index in [0.29, 0.717) is 19.8 Å². The molecular formula is C20H27IN4O2. The van der Waals surface area contributed by atoms with Crippen molar-refractivity contribution in [2.75, 3.05) is 26.3 Å². The zero-order valence-electron chi connectivity index (χ0n) is 15.6. The second-order valence-corrected chi connectivity index (χ2v) is 6.02. The van der Waals surface area contributed by atoms with Crippen LogP contribution in [-0.4, -0.2) is 37.2 Å². The van der Waals surface area contributed by atoms with Crippen molar-refractivity contribution in [2.24, 2.45) is 4.99 Å². The fourth-order valence-corrected chi connectivity index (χ4v) is 2.67. The number of rotatable bonds is 6. The molecule has 0 radical (unpaired) electrons. The van der Waals surface area contributed by atoms with E-state index >= 15 is 0 Å². The molecule has 0 saturated heterocycles. The van der Waals surface area contributed by atoms with Gasteiger partial charge in [0.2, 0.25) is 0 Å². The Morgan fingerprint density at radius 1 is 1.11 bits per heavy atom. The molecule has 0 aliphatic carbocycles. The second-order valence-electron chi connectivity index (χ2n) is 6.02. The van der Waals surface area contributed by atoms with Gasteiger partial charge in [0.05, 0.1) is 19.8 Å². The van der Waals surface area contributed by atoms with Gasteiger partial charge in [0.1, 0.15) is 0 Å². The number of aromatic nitrogens is 1. The first-order valence-electron chi connectivity index (χ1n) is 9.16. The van der Waals surface area contributed by atoms with Gasteiger partial charge in [0.15, 0.2) is 17.5 Å². The van der Waals surface area contributed by atoms with Crippen LogP contribution in [0.5, 0.6) is 11.5 Å². The number of nitrogens with zero attached hydrogens (tertiary/aromatic N) is 2. The predicted molar refractivity (Wildman–Crippen MR) is 118 cm³/mol. The highest BCUT2D eigenvalue weighted by atomic mass is 127. The number of hydrogen-bond donors (Lipinski definition) is 2. The van der Waals surface area contributed by atoms with Gasteiger partial charge < -0.3 is 20.1 Å². The maximum Gasteiger partial charge on any atom is 0.191 e. The van der Waals surface area contributed by atoms with Gasteiger partial charge >= 0.3 is 0 Å². The van der Waals surface area contributed by atoms with Crippen molar-refractivity contribution in [1.29, 1.82) is 0 Å². The van der Waals surface area contributed by atoms with Crippen molar-refractivity contribution in [3.63, 3.8) is 0 Å². The first-order chi connectivity index (χ1) is 12.8. The molecule has 0 spiro atoms. The summed E-state index contributed by atoms with van der Waals surface area (Å²) in [4.78, 5) is 9.00. The Bertz CT molecular complexity index is 725. The van der Waals surface area contributed by atoms with Crippen LogP contribution in [0.25, 0.3) is 0 Å². The van der Waals surface area contributed by atoms with Crippen LogP contribution in [0.2, 0.25) is 0 Å². The third-order valence-corrected chi connectivity index (χ3v) is 3.98. The molecule has 1 aliphatic heterocycles. The second kappa shape index (κ2) is 11.6. The molecule has 0 bridgehead atoms. The fourth-order valence-electron chi connectivity index (χ4n) is 2.67. The molecule has 0 fully saturated rings. The van der Waals surface area contributed by atoms with Crippen molar-refractivity contribution in [1.82, 2.24) is 15.6 Å². The summed E-state index contributed by atoms with van der Waals surface area (Å²) in [6.45, 7) is 5.63. The molecule has 0 amide bonds. The number of hydrogen-bond acceptors (Lipinski definition) is 4. The van der Waals surface area contributed by atoms with E-state index in [-0.39, 0.29) is 24.0 Å². The molecule has 1 aromatic heterocycles. The van der Waals surface area contributed by atoms with E-state index in [0.717, 1.165) is 54.6 Å². The standard InChI is InChI=1S/C20H26N4O2.HI/c1-2-21-20(23-11-9-17-6-3-4-10-22-17)24-15-16-7-8-18-19(14-16)26-13-5-12-25-18;/h3-4,6-8,10,14H,2,5,9,11-13,15H2,1H3,(H2,21,23,24);1H. The number of fused-ring (bicyclic) bond motifs is 1. The Labute approximate surface area is 177 Å². The van der Waals surface area contributed by atoms with Gasteiger partial charge in [0.25, 0.3) is 0 Å². The topological polar surface area (TPSA) is 67.8 Å². The molecule has 0 unspecified atom stereocenters. The van der Waals surface area contributed by atoms with Crippen molar-refractivity contribution in [3.05, 3.63) is 53.9 Å². The largest absolute Gasteiger partial charge is 0.490 e. The highest BCUT2D eigenvalue weighted by molar-refractivity contribution is 14.0. The Hall–Kier alpha value is -2.03. The van der Waals surface area contributed by atoms with E-state index in [1.165, 1.54) is 0 Å². The number of guanidine groups is 1. The first-order valence-corrected chi connectivity index (χ1v) is 9.16. The van der Waals surface area contributed by atoms with Gasteiger partial charge in [-0.2, -0.15) is 0 Å². The summed E-state index contributed by atoms with van der Waals surface area (Å²) >= 11 is 0. The Balaban J connectivity index is 0.00000261. The lowest BCUT2D eigenvalue weighted by molar-refractivity contribution is 0.297. The lowest BCUT2D eigenvalue weighted by Crippen LogP contribution is -2.38. The average molecular weight is 482 g/mol. The normalized spacial score (nSPS) is 13.3. The zero-order chi connectivity index (χ0) is 18.0. The minimum Gasteiger partial charge on any atom is -0.490 e. The van der Waals surface area contributed by atoms with E-state index in [1.54, 1.807) is 0 Å². The van der Waals surface area contributed by atoms with Crippen LogP contribution < -0.4 is 20.1 Å². The summed E-state index contributed by atoms with van der Waals surface area (Å²) in [5.41, 5.74) is 2.16. The molecule has 146 valence electrons. The zero-order valence-corrected chi connectivity index (χ0v) is 17.9. The molecular weight excluding hydrogens is 455 g/mol. The lowest BCUT2D eigenvalue weighted by atomic mass is 10.2. The van der Waals surface area contributed by atoms with Crippen LogP contribution in [0.4, 0.5) is 0 Å². The van der Waals surface area contributed by atoms with E-state index in [4.69, 9.17) is 9.47 Å². The maximum atomic E-state index is 5.75. The first kappa shape index (κ1) is 21.3. The Morgan fingerprint density at radius 2 is 1.96 bits per heavy atom. The van der Waals surface area contributed by atoms with Crippen molar-refractivity contribution in [3.8, 4) is 11.5 Å².